The highest BCUT2D eigenvalue weighted by molar-refractivity contribution is 6.04. The number of hydrogen-bond donors (Lipinski definition) is 0. The summed E-state index contributed by atoms with van der Waals surface area (Å²) in [6.07, 6.45) is 3.21. The molecule has 0 radical (unpaired) electrons. The topological polar surface area (TPSA) is 47.1 Å². The number of piperidine rings is 1. The van der Waals surface area contributed by atoms with Crippen molar-refractivity contribution in [2.45, 2.75) is 25.4 Å². The van der Waals surface area contributed by atoms with Gasteiger partial charge in [-0.25, -0.2) is 4.39 Å². The molecule has 0 unspecified atom stereocenters. The van der Waals surface area contributed by atoms with Crippen LogP contribution in [0.2, 0.25) is 0 Å². The smallest absolute Gasteiger partial charge is 0.257 e. The summed E-state index contributed by atoms with van der Waals surface area (Å²) >= 11 is 0. The number of halogens is 1. The van der Waals surface area contributed by atoms with Crippen LogP contribution in [0, 0.1) is 5.82 Å². The molecule has 0 aromatic heterocycles. The molecule has 0 bridgehead atoms. The van der Waals surface area contributed by atoms with E-state index in [1.807, 2.05) is 22.9 Å². The van der Waals surface area contributed by atoms with Gasteiger partial charge in [0, 0.05) is 51.0 Å². The summed E-state index contributed by atoms with van der Waals surface area (Å²) < 4.78 is 13.2. The van der Waals surface area contributed by atoms with Crippen LogP contribution in [0.1, 0.15) is 40.0 Å². The van der Waals surface area contributed by atoms with Crippen molar-refractivity contribution in [3.05, 3.63) is 59.4 Å². The van der Waals surface area contributed by atoms with Gasteiger partial charge in [0.15, 0.2) is 0 Å². The Morgan fingerprint density at radius 2 is 1.71 bits per heavy atom. The Balaban J connectivity index is 1.31. The number of piperazine rings is 1. The second kappa shape index (κ2) is 7.87. The van der Waals surface area contributed by atoms with Gasteiger partial charge in [0.2, 0.25) is 0 Å². The lowest BCUT2D eigenvalue weighted by atomic mass is 9.97. The first-order valence-corrected chi connectivity index (χ1v) is 11.0. The van der Waals surface area contributed by atoms with Gasteiger partial charge in [-0.1, -0.05) is 0 Å². The van der Waals surface area contributed by atoms with Gasteiger partial charge in [0.05, 0.1) is 11.3 Å². The van der Waals surface area contributed by atoms with Gasteiger partial charge in [0.1, 0.15) is 12.0 Å². The van der Waals surface area contributed by atoms with Gasteiger partial charge in [0.25, 0.3) is 11.8 Å². The van der Waals surface area contributed by atoms with E-state index in [2.05, 4.69) is 9.80 Å². The Hall–Kier alpha value is -3.09. The summed E-state index contributed by atoms with van der Waals surface area (Å²) in [6, 6.07) is 11.9. The highest BCUT2D eigenvalue weighted by Crippen LogP contribution is 2.35. The molecule has 1 atom stereocenters. The van der Waals surface area contributed by atoms with E-state index in [-0.39, 0.29) is 23.8 Å². The van der Waals surface area contributed by atoms with Crippen LogP contribution >= 0.6 is 0 Å². The molecule has 2 aromatic rings. The number of fused-ring (bicyclic) bond motifs is 2. The van der Waals surface area contributed by atoms with Crippen molar-refractivity contribution in [2.24, 2.45) is 0 Å². The highest BCUT2D eigenvalue weighted by Gasteiger charge is 2.37. The maximum absolute atomic E-state index is 13.2. The van der Waals surface area contributed by atoms with Crippen LogP contribution in [0.5, 0.6) is 0 Å². The third-order valence-electron chi connectivity index (χ3n) is 6.79. The van der Waals surface area contributed by atoms with Crippen molar-refractivity contribution >= 4 is 23.2 Å². The zero-order chi connectivity index (χ0) is 21.5. The van der Waals surface area contributed by atoms with Gasteiger partial charge in [-0.2, -0.15) is 0 Å². The second-order valence-electron chi connectivity index (χ2n) is 8.57. The third kappa shape index (κ3) is 3.52. The molecular weight excluding hydrogens is 395 g/mol. The zero-order valence-corrected chi connectivity index (χ0v) is 17.8. The molecular formula is C24H27FN4O2. The number of carbonyl (C=O) groups excluding carboxylic acids is 2. The number of rotatable bonds is 2. The molecule has 0 aliphatic carbocycles. The summed E-state index contributed by atoms with van der Waals surface area (Å²) in [5.74, 6) is -0.178. The lowest BCUT2D eigenvalue weighted by Gasteiger charge is -2.46. The van der Waals surface area contributed by atoms with Gasteiger partial charge < -0.3 is 19.6 Å². The van der Waals surface area contributed by atoms with E-state index in [4.69, 9.17) is 0 Å². The monoisotopic (exact) mass is 422 g/mol. The Kier molecular flexibility index (Phi) is 5.04. The average molecular weight is 423 g/mol. The molecule has 3 aliphatic rings. The van der Waals surface area contributed by atoms with E-state index in [9.17, 15) is 14.0 Å². The number of amides is 2. The molecule has 162 valence electrons. The maximum Gasteiger partial charge on any atom is 0.257 e. The molecule has 0 saturated carbocycles. The Labute approximate surface area is 181 Å². The molecule has 2 saturated heterocycles. The summed E-state index contributed by atoms with van der Waals surface area (Å²) in [7, 11) is 2.02. The van der Waals surface area contributed by atoms with Crippen molar-refractivity contribution in [1.82, 2.24) is 9.80 Å². The van der Waals surface area contributed by atoms with Crippen LogP contribution in [0.15, 0.2) is 42.5 Å². The number of benzene rings is 2. The molecule has 7 heteroatoms. The molecule has 2 fully saturated rings. The summed E-state index contributed by atoms with van der Waals surface area (Å²) in [5.41, 5.74) is 3.12. The largest absolute Gasteiger partial charge is 0.368 e. The Bertz CT molecular complexity index is 1000. The number of carbonyl (C=O) groups is 2. The molecule has 2 aromatic carbocycles. The van der Waals surface area contributed by atoms with Crippen LogP contribution < -0.4 is 9.80 Å². The maximum atomic E-state index is 13.2. The van der Waals surface area contributed by atoms with Crippen molar-refractivity contribution in [3.8, 4) is 0 Å². The Morgan fingerprint density at radius 1 is 0.968 bits per heavy atom. The van der Waals surface area contributed by atoms with E-state index in [0.29, 0.717) is 37.3 Å². The fourth-order valence-electron chi connectivity index (χ4n) is 5.01. The number of anilines is 2. The fraction of sp³-hybridized carbons (Fsp3) is 0.417. The minimum atomic E-state index is -0.246. The molecule has 2 amide bonds. The predicted molar refractivity (Wildman–Crippen MR) is 118 cm³/mol. The van der Waals surface area contributed by atoms with E-state index in [0.717, 1.165) is 37.2 Å². The summed E-state index contributed by atoms with van der Waals surface area (Å²) in [4.78, 5) is 34.3. The van der Waals surface area contributed by atoms with Crippen LogP contribution in [0.3, 0.4) is 0 Å². The molecule has 6 nitrogen and oxygen atoms in total. The molecule has 0 spiro atoms. The highest BCUT2D eigenvalue weighted by atomic mass is 19.1. The quantitative estimate of drug-likeness (QED) is 0.746. The van der Waals surface area contributed by atoms with Crippen molar-refractivity contribution in [1.29, 1.82) is 0 Å². The zero-order valence-electron chi connectivity index (χ0n) is 17.8. The normalized spacial score (nSPS) is 21.1. The molecule has 0 N–H and O–H groups in total. The molecule has 3 heterocycles. The third-order valence-corrected chi connectivity index (χ3v) is 6.79. The summed E-state index contributed by atoms with van der Waals surface area (Å²) in [6.45, 7) is 3.43. The minimum Gasteiger partial charge on any atom is -0.368 e. The summed E-state index contributed by atoms with van der Waals surface area (Å²) in [5, 5.41) is 0. The number of nitrogens with zero attached hydrogens (tertiary/aromatic N) is 4. The Morgan fingerprint density at radius 3 is 2.45 bits per heavy atom. The average Bonchev–Trinajstić information content (AvgIpc) is 2.82. The SMILES string of the molecule is CN1c2cc(C(=O)N3CCN(c4ccc(F)cc4)CC3)ccc2C(=O)N2CCCC[C@@H]21. The van der Waals surface area contributed by atoms with Gasteiger partial charge in [-0.05, 0) is 61.7 Å². The van der Waals surface area contributed by atoms with Crippen LogP contribution in [-0.4, -0.2) is 67.6 Å². The van der Waals surface area contributed by atoms with Crippen molar-refractivity contribution in [2.75, 3.05) is 49.6 Å². The standard InChI is InChI=1S/C24H27FN4O2/c1-26-21-16-17(5-10-20(21)24(31)29-11-3-2-4-22(26)29)23(30)28-14-12-27(13-15-28)19-8-6-18(25)7-9-19/h5-10,16,22H,2-4,11-15H2,1H3/t22-/m1/s1. The van der Waals surface area contributed by atoms with E-state index in [1.165, 1.54) is 12.1 Å². The van der Waals surface area contributed by atoms with Crippen molar-refractivity contribution in [3.63, 3.8) is 0 Å². The molecule has 31 heavy (non-hydrogen) atoms. The second-order valence-corrected chi connectivity index (χ2v) is 8.57. The first-order chi connectivity index (χ1) is 15.0. The van der Waals surface area contributed by atoms with Gasteiger partial charge in [-0.3, -0.25) is 9.59 Å². The van der Waals surface area contributed by atoms with Gasteiger partial charge in [-0.15, -0.1) is 0 Å². The minimum absolute atomic E-state index is 0.00604. The van der Waals surface area contributed by atoms with Crippen LogP contribution in [-0.2, 0) is 0 Å². The predicted octanol–water partition coefficient (Wildman–Crippen LogP) is 3.19. The first-order valence-electron chi connectivity index (χ1n) is 11.0. The first kappa shape index (κ1) is 19.8. The molecule has 3 aliphatic heterocycles. The lowest BCUT2D eigenvalue weighted by molar-refractivity contribution is 0.0588. The van der Waals surface area contributed by atoms with E-state index >= 15 is 0 Å². The fourth-order valence-corrected chi connectivity index (χ4v) is 5.01. The van der Waals surface area contributed by atoms with Gasteiger partial charge >= 0.3 is 0 Å². The van der Waals surface area contributed by atoms with E-state index in [1.54, 1.807) is 24.3 Å². The number of hydrogen-bond acceptors (Lipinski definition) is 4. The van der Waals surface area contributed by atoms with Crippen LogP contribution in [0.4, 0.5) is 15.8 Å². The lowest BCUT2D eigenvalue weighted by Crippen LogP contribution is -2.56. The van der Waals surface area contributed by atoms with Crippen LogP contribution in [0.25, 0.3) is 0 Å². The van der Waals surface area contributed by atoms with Crippen molar-refractivity contribution < 1.29 is 14.0 Å². The molecule has 5 rings (SSSR count). The van der Waals surface area contributed by atoms with E-state index < -0.39 is 0 Å².